The Labute approximate surface area is 81.4 Å². The number of imidazole rings is 1. The van der Waals surface area contributed by atoms with Gasteiger partial charge in [-0.05, 0) is 13.5 Å². The Bertz CT molecular complexity index is 402. The molecule has 0 atom stereocenters. The molecule has 0 radical (unpaired) electrons. The first-order valence-corrected chi connectivity index (χ1v) is 5.32. The molecule has 2 aromatic heterocycles. The average Bonchev–Trinajstić information content (AvgIpc) is 2.65. The van der Waals surface area contributed by atoms with Crippen LogP contribution in [0.4, 0.5) is 0 Å². The second-order valence-electron chi connectivity index (χ2n) is 3.04. The minimum Gasteiger partial charge on any atom is -0.311 e. The van der Waals surface area contributed by atoms with Gasteiger partial charge in [-0.25, -0.2) is 4.98 Å². The Hall–Kier alpha value is -0.870. The largest absolute Gasteiger partial charge is 0.311 e. The van der Waals surface area contributed by atoms with E-state index < -0.39 is 0 Å². The lowest BCUT2D eigenvalue weighted by molar-refractivity contribution is 0.714. The second kappa shape index (κ2) is 3.47. The van der Waals surface area contributed by atoms with Crippen molar-refractivity contribution >= 4 is 16.3 Å². The zero-order valence-corrected chi connectivity index (χ0v) is 8.69. The zero-order valence-electron chi connectivity index (χ0n) is 7.87. The summed E-state index contributed by atoms with van der Waals surface area (Å²) in [5.41, 5.74) is 2.38. The first-order chi connectivity index (χ1) is 6.31. The van der Waals surface area contributed by atoms with E-state index in [1.807, 2.05) is 0 Å². The van der Waals surface area contributed by atoms with E-state index in [0.717, 1.165) is 23.7 Å². The van der Waals surface area contributed by atoms with Gasteiger partial charge in [-0.3, -0.25) is 4.40 Å². The summed E-state index contributed by atoms with van der Waals surface area (Å²) in [5, 5.41) is 5.39. The van der Waals surface area contributed by atoms with Gasteiger partial charge in [0.15, 0.2) is 4.96 Å². The van der Waals surface area contributed by atoms with E-state index in [-0.39, 0.29) is 0 Å². The number of hydrogen-bond acceptors (Lipinski definition) is 3. The van der Waals surface area contributed by atoms with Gasteiger partial charge < -0.3 is 5.32 Å². The van der Waals surface area contributed by atoms with Crippen LogP contribution in [0.15, 0.2) is 11.6 Å². The molecule has 0 fully saturated rings. The van der Waals surface area contributed by atoms with Crippen molar-refractivity contribution in [3.63, 3.8) is 0 Å². The van der Waals surface area contributed by atoms with Crippen LogP contribution in [-0.2, 0) is 6.54 Å². The summed E-state index contributed by atoms with van der Waals surface area (Å²) in [6, 6.07) is 0. The van der Waals surface area contributed by atoms with Gasteiger partial charge >= 0.3 is 0 Å². The molecule has 0 saturated heterocycles. The summed E-state index contributed by atoms with van der Waals surface area (Å²) in [6.07, 6.45) is 2.10. The van der Waals surface area contributed by atoms with Gasteiger partial charge in [0, 0.05) is 23.8 Å². The first-order valence-electron chi connectivity index (χ1n) is 4.44. The molecule has 2 aromatic rings. The lowest BCUT2D eigenvalue weighted by Crippen LogP contribution is -2.11. The molecule has 0 aliphatic heterocycles. The van der Waals surface area contributed by atoms with Crippen molar-refractivity contribution in [2.45, 2.75) is 20.4 Å². The van der Waals surface area contributed by atoms with E-state index in [4.69, 9.17) is 0 Å². The van der Waals surface area contributed by atoms with Crippen LogP contribution in [0, 0.1) is 6.92 Å². The fourth-order valence-corrected chi connectivity index (χ4v) is 2.15. The van der Waals surface area contributed by atoms with Crippen LogP contribution in [-0.4, -0.2) is 15.9 Å². The third kappa shape index (κ3) is 1.59. The molecular formula is C9H13N3S. The molecule has 0 unspecified atom stereocenters. The smallest absolute Gasteiger partial charge is 0.194 e. The fraction of sp³-hybridized carbons (Fsp3) is 0.444. The highest BCUT2D eigenvalue weighted by atomic mass is 32.1. The molecular weight excluding hydrogens is 182 g/mol. The molecule has 70 valence electrons. The molecule has 0 aromatic carbocycles. The Morgan fingerprint density at radius 1 is 1.62 bits per heavy atom. The maximum atomic E-state index is 4.49. The van der Waals surface area contributed by atoms with Crippen molar-refractivity contribution < 1.29 is 0 Å². The SMILES string of the molecule is CCNCc1cn2c(C)csc2n1. The topological polar surface area (TPSA) is 29.3 Å². The number of nitrogens with zero attached hydrogens (tertiary/aromatic N) is 2. The Morgan fingerprint density at radius 3 is 3.15 bits per heavy atom. The number of thiazole rings is 1. The first kappa shape index (κ1) is 8.72. The second-order valence-corrected chi connectivity index (χ2v) is 3.88. The fourth-order valence-electron chi connectivity index (χ4n) is 1.28. The van der Waals surface area contributed by atoms with Crippen LogP contribution in [0.2, 0.25) is 0 Å². The molecule has 0 amide bonds. The number of hydrogen-bond donors (Lipinski definition) is 1. The molecule has 1 N–H and O–H groups in total. The maximum absolute atomic E-state index is 4.49. The van der Waals surface area contributed by atoms with Crippen LogP contribution in [0.1, 0.15) is 18.3 Å². The summed E-state index contributed by atoms with van der Waals surface area (Å²) >= 11 is 1.69. The molecule has 2 heterocycles. The average molecular weight is 195 g/mol. The van der Waals surface area contributed by atoms with Crippen LogP contribution >= 0.6 is 11.3 Å². The number of nitrogens with one attached hydrogen (secondary N) is 1. The maximum Gasteiger partial charge on any atom is 0.194 e. The van der Waals surface area contributed by atoms with E-state index in [9.17, 15) is 0 Å². The van der Waals surface area contributed by atoms with Crippen LogP contribution in [0.25, 0.3) is 4.96 Å². The predicted octanol–water partition coefficient (Wildman–Crippen LogP) is 1.81. The van der Waals surface area contributed by atoms with E-state index in [0.29, 0.717) is 0 Å². The summed E-state index contributed by atoms with van der Waals surface area (Å²) in [6.45, 7) is 6.06. The van der Waals surface area contributed by atoms with Crippen molar-refractivity contribution in [3.8, 4) is 0 Å². The van der Waals surface area contributed by atoms with Crippen molar-refractivity contribution in [1.82, 2.24) is 14.7 Å². The van der Waals surface area contributed by atoms with Gasteiger partial charge in [0.2, 0.25) is 0 Å². The minimum absolute atomic E-state index is 0.865. The van der Waals surface area contributed by atoms with Gasteiger partial charge in [0.05, 0.1) is 5.69 Å². The van der Waals surface area contributed by atoms with Crippen LogP contribution in [0.3, 0.4) is 0 Å². The zero-order chi connectivity index (χ0) is 9.26. The molecule has 0 saturated carbocycles. The highest BCUT2D eigenvalue weighted by Gasteiger charge is 2.03. The lowest BCUT2D eigenvalue weighted by atomic mass is 10.4. The number of rotatable bonds is 3. The van der Waals surface area contributed by atoms with Crippen molar-refractivity contribution in [1.29, 1.82) is 0 Å². The number of fused-ring (bicyclic) bond motifs is 1. The molecule has 0 spiro atoms. The normalized spacial score (nSPS) is 11.2. The highest BCUT2D eigenvalue weighted by molar-refractivity contribution is 7.15. The standard InChI is InChI=1S/C9H13N3S/c1-3-10-4-8-5-12-7(2)6-13-9(12)11-8/h5-6,10H,3-4H2,1-2H3. The monoisotopic (exact) mass is 195 g/mol. The molecule has 0 aliphatic carbocycles. The molecule has 4 heteroatoms. The lowest BCUT2D eigenvalue weighted by Gasteiger charge is -1.94. The Kier molecular flexibility index (Phi) is 2.33. The van der Waals surface area contributed by atoms with Crippen molar-refractivity contribution in [2.75, 3.05) is 6.54 Å². The van der Waals surface area contributed by atoms with E-state index in [1.54, 1.807) is 11.3 Å². The number of aromatic nitrogens is 2. The summed E-state index contributed by atoms with van der Waals surface area (Å²) < 4.78 is 2.14. The molecule has 13 heavy (non-hydrogen) atoms. The summed E-state index contributed by atoms with van der Waals surface area (Å²) in [5.74, 6) is 0. The highest BCUT2D eigenvalue weighted by Crippen LogP contribution is 2.15. The van der Waals surface area contributed by atoms with E-state index in [2.05, 4.69) is 40.1 Å². The third-order valence-electron chi connectivity index (χ3n) is 1.99. The van der Waals surface area contributed by atoms with E-state index >= 15 is 0 Å². The van der Waals surface area contributed by atoms with Gasteiger partial charge in [0.1, 0.15) is 0 Å². The van der Waals surface area contributed by atoms with Crippen LogP contribution in [0.5, 0.6) is 0 Å². The summed E-state index contributed by atoms with van der Waals surface area (Å²) in [4.78, 5) is 5.58. The van der Waals surface area contributed by atoms with Crippen LogP contribution < -0.4 is 5.32 Å². The van der Waals surface area contributed by atoms with Gasteiger partial charge in [-0.1, -0.05) is 6.92 Å². The molecule has 2 rings (SSSR count). The Balaban J connectivity index is 2.28. The van der Waals surface area contributed by atoms with Gasteiger partial charge in [-0.2, -0.15) is 0 Å². The quantitative estimate of drug-likeness (QED) is 0.809. The molecule has 0 bridgehead atoms. The van der Waals surface area contributed by atoms with Gasteiger partial charge in [-0.15, -0.1) is 11.3 Å². The molecule has 3 nitrogen and oxygen atoms in total. The minimum atomic E-state index is 0.865. The number of aryl methyl sites for hydroxylation is 1. The van der Waals surface area contributed by atoms with Crippen molar-refractivity contribution in [3.05, 3.63) is 23.0 Å². The Morgan fingerprint density at radius 2 is 2.46 bits per heavy atom. The molecule has 0 aliphatic rings. The predicted molar refractivity (Wildman–Crippen MR) is 55.2 cm³/mol. The van der Waals surface area contributed by atoms with E-state index in [1.165, 1.54) is 5.69 Å². The van der Waals surface area contributed by atoms with Gasteiger partial charge in [0.25, 0.3) is 0 Å². The summed E-state index contributed by atoms with van der Waals surface area (Å²) in [7, 11) is 0. The van der Waals surface area contributed by atoms with Crippen molar-refractivity contribution in [2.24, 2.45) is 0 Å². The third-order valence-corrected chi connectivity index (χ3v) is 2.95.